The highest BCUT2D eigenvalue weighted by molar-refractivity contribution is 7.92. The zero-order valence-electron chi connectivity index (χ0n) is 11.9. The van der Waals surface area contributed by atoms with Gasteiger partial charge in [0.15, 0.2) is 6.17 Å². The van der Waals surface area contributed by atoms with E-state index in [-0.39, 0.29) is 16.8 Å². The number of fused-ring (bicyclic) bond motifs is 1. The number of aromatic nitrogens is 1. The van der Waals surface area contributed by atoms with Crippen molar-refractivity contribution in [2.45, 2.75) is 36.1 Å². The maximum atomic E-state index is 12.8. The molecule has 2 N–H and O–H groups in total. The Morgan fingerprint density at radius 3 is 2.60 bits per heavy atom. The summed E-state index contributed by atoms with van der Waals surface area (Å²) in [6, 6.07) is 3.06. The predicted molar refractivity (Wildman–Crippen MR) is 73.9 cm³/mol. The van der Waals surface area contributed by atoms with Gasteiger partial charge in [-0.1, -0.05) is 0 Å². The topological polar surface area (TPSA) is 89.6 Å². The molecule has 1 unspecified atom stereocenters. The van der Waals surface area contributed by atoms with Crippen LogP contribution >= 0.6 is 0 Å². The lowest BCUT2D eigenvalue weighted by atomic mass is 10.3. The average Bonchev–Trinajstić information content (AvgIpc) is 2.39. The van der Waals surface area contributed by atoms with Crippen LogP contribution in [0.15, 0.2) is 23.2 Å². The van der Waals surface area contributed by atoms with Gasteiger partial charge in [0.2, 0.25) is 9.84 Å². The molecule has 0 aliphatic carbocycles. The van der Waals surface area contributed by atoms with Crippen LogP contribution in [0.2, 0.25) is 0 Å². The van der Waals surface area contributed by atoms with E-state index in [4.69, 9.17) is 9.47 Å². The van der Waals surface area contributed by atoms with Crippen LogP contribution in [-0.4, -0.2) is 44.9 Å². The number of pyridine rings is 1. The number of nitrogens with one attached hydrogen (secondary N) is 2. The molecule has 0 amide bonds. The Balaban J connectivity index is 2.62. The van der Waals surface area contributed by atoms with Crippen LogP contribution in [0.25, 0.3) is 0 Å². The summed E-state index contributed by atoms with van der Waals surface area (Å²) in [6.07, 6.45) is 0.755. The Morgan fingerprint density at radius 1 is 1.40 bits per heavy atom. The van der Waals surface area contributed by atoms with Crippen LogP contribution in [0.5, 0.6) is 0 Å². The van der Waals surface area contributed by atoms with E-state index in [1.165, 1.54) is 26.5 Å². The van der Waals surface area contributed by atoms with Gasteiger partial charge in [-0.15, -0.1) is 0 Å². The first-order valence-corrected chi connectivity index (χ1v) is 7.70. The zero-order chi connectivity index (χ0) is 15.0. The Labute approximate surface area is 118 Å². The van der Waals surface area contributed by atoms with Gasteiger partial charge in [0.1, 0.15) is 10.7 Å². The van der Waals surface area contributed by atoms with Gasteiger partial charge in [-0.25, -0.2) is 13.4 Å². The first-order valence-electron chi connectivity index (χ1n) is 6.21. The molecule has 0 aromatic carbocycles. The van der Waals surface area contributed by atoms with Gasteiger partial charge in [0.05, 0.1) is 0 Å². The molecule has 20 heavy (non-hydrogen) atoms. The van der Waals surface area contributed by atoms with E-state index in [2.05, 4.69) is 15.6 Å². The third-order valence-electron chi connectivity index (χ3n) is 3.14. The van der Waals surface area contributed by atoms with Crippen LogP contribution in [0.4, 0.5) is 5.82 Å². The molecule has 2 heterocycles. The molecular formula is C12H19N3O4S. The van der Waals surface area contributed by atoms with Crippen molar-refractivity contribution >= 4 is 15.7 Å². The second kappa shape index (κ2) is 5.28. The normalized spacial score (nSPS) is 23.1. The summed E-state index contributed by atoms with van der Waals surface area (Å²) >= 11 is 0. The van der Waals surface area contributed by atoms with Crippen molar-refractivity contribution < 1.29 is 17.9 Å². The van der Waals surface area contributed by atoms with Crippen LogP contribution in [0.3, 0.4) is 0 Å². The van der Waals surface area contributed by atoms with Gasteiger partial charge >= 0.3 is 5.12 Å². The van der Waals surface area contributed by atoms with Crippen LogP contribution in [-0.2, 0) is 19.3 Å². The molecule has 1 aromatic heterocycles. The highest BCUT2D eigenvalue weighted by Crippen LogP contribution is 2.38. The van der Waals surface area contributed by atoms with E-state index in [1.807, 2.05) is 13.8 Å². The Morgan fingerprint density at radius 2 is 2.05 bits per heavy atom. The van der Waals surface area contributed by atoms with E-state index in [0.717, 1.165) is 0 Å². The lowest BCUT2D eigenvalue weighted by molar-refractivity contribution is -0.158. The summed E-state index contributed by atoms with van der Waals surface area (Å²) in [5, 5.41) is 4.28. The van der Waals surface area contributed by atoms with Crippen molar-refractivity contribution in [1.82, 2.24) is 10.3 Å². The van der Waals surface area contributed by atoms with Gasteiger partial charge in [-0.3, -0.25) is 5.32 Å². The number of hydrogen-bond acceptors (Lipinski definition) is 7. The molecule has 0 fully saturated rings. The molecule has 0 radical (unpaired) electrons. The Bertz CT molecular complexity index is 584. The third kappa shape index (κ3) is 2.08. The molecule has 8 heteroatoms. The first-order chi connectivity index (χ1) is 9.39. The van der Waals surface area contributed by atoms with Crippen LogP contribution < -0.4 is 10.6 Å². The molecule has 0 saturated carbocycles. The molecule has 1 aliphatic heterocycles. The van der Waals surface area contributed by atoms with Crippen molar-refractivity contribution in [1.29, 1.82) is 0 Å². The highest BCUT2D eigenvalue weighted by atomic mass is 32.2. The Hall–Kier alpha value is -1.22. The smallest absolute Gasteiger partial charge is 0.312 e. The molecular weight excluding hydrogens is 282 g/mol. The summed E-state index contributed by atoms with van der Waals surface area (Å²) < 4.78 is 36.1. The number of anilines is 1. The minimum Gasteiger partial charge on any atom is -0.348 e. The number of sulfone groups is 1. The minimum atomic E-state index is -3.87. The quantitative estimate of drug-likeness (QED) is 0.785. The fraction of sp³-hybridized carbons (Fsp3) is 0.583. The van der Waals surface area contributed by atoms with Crippen molar-refractivity contribution in [3.05, 3.63) is 18.3 Å². The molecule has 2 rings (SSSR count). The summed E-state index contributed by atoms with van der Waals surface area (Å²) in [5.74, 6) is 0.287. The average molecular weight is 301 g/mol. The zero-order valence-corrected chi connectivity index (χ0v) is 12.7. The lowest BCUT2D eigenvalue weighted by Crippen LogP contribution is -2.65. The molecule has 0 bridgehead atoms. The van der Waals surface area contributed by atoms with Gasteiger partial charge in [0, 0.05) is 26.5 Å². The summed E-state index contributed by atoms with van der Waals surface area (Å²) in [4.78, 5) is 4.13. The number of methoxy groups -OCH3 is 2. The number of rotatable bonds is 4. The fourth-order valence-corrected chi connectivity index (χ4v) is 4.07. The molecule has 7 nitrogen and oxygen atoms in total. The number of ether oxygens (including phenoxy) is 2. The lowest BCUT2D eigenvalue weighted by Gasteiger charge is -2.42. The number of nitrogens with zero attached hydrogens (tertiary/aromatic N) is 1. The molecule has 0 spiro atoms. The van der Waals surface area contributed by atoms with Crippen molar-refractivity contribution in [3.63, 3.8) is 0 Å². The summed E-state index contributed by atoms with van der Waals surface area (Å²) in [7, 11) is -1.26. The van der Waals surface area contributed by atoms with E-state index in [1.54, 1.807) is 6.07 Å². The molecule has 1 aliphatic rings. The van der Waals surface area contributed by atoms with Crippen molar-refractivity contribution in [2.75, 3.05) is 19.5 Å². The molecule has 112 valence electrons. The summed E-state index contributed by atoms with van der Waals surface area (Å²) in [6.45, 7) is 3.80. The monoisotopic (exact) mass is 301 g/mol. The second-order valence-corrected chi connectivity index (χ2v) is 6.78. The summed E-state index contributed by atoms with van der Waals surface area (Å²) in [5.41, 5.74) is 0. The largest absolute Gasteiger partial charge is 0.348 e. The highest BCUT2D eigenvalue weighted by Gasteiger charge is 2.57. The van der Waals surface area contributed by atoms with Gasteiger partial charge in [0.25, 0.3) is 0 Å². The maximum Gasteiger partial charge on any atom is 0.312 e. The van der Waals surface area contributed by atoms with Crippen LogP contribution in [0, 0.1) is 0 Å². The SMILES string of the molecule is COC1(OC)C(NC(C)C)Nc2ncccc2S1(=O)=O. The van der Waals surface area contributed by atoms with Crippen LogP contribution in [0.1, 0.15) is 13.8 Å². The van der Waals surface area contributed by atoms with Gasteiger partial charge in [-0.2, -0.15) is 0 Å². The standard InChI is InChI=1S/C12H19N3O4S/c1-8(2)14-11-12(18-3,19-4)20(16,17)9-6-5-7-13-10(9)15-11/h5-8,11,14H,1-4H3,(H,13,15). The van der Waals surface area contributed by atoms with Gasteiger partial charge in [-0.05, 0) is 26.0 Å². The fourth-order valence-electron chi connectivity index (χ4n) is 2.26. The molecule has 1 aromatic rings. The third-order valence-corrected chi connectivity index (χ3v) is 5.37. The predicted octanol–water partition coefficient (Wildman–Crippen LogP) is 0.551. The van der Waals surface area contributed by atoms with Gasteiger partial charge < -0.3 is 14.8 Å². The Kier molecular flexibility index (Phi) is 4.01. The molecule has 1 atom stereocenters. The first kappa shape index (κ1) is 15.2. The van der Waals surface area contributed by atoms with Crippen molar-refractivity contribution in [2.24, 2.45) is 0 Å². The van der Waals surface area contributed by atoms with Crippen molar-refractivity contribution in [3.8, 4) is 0 Å². The number of hydrogen-bond donors (Lipinski definition) is 2. The van der Waals surface area contributed by atoms with E-state index in [9.17, 15) is 8.42 Å². The minimum absolute atomic E-state index is 0.0256. The second-order valence-electron chi connectivity index (χ2n) is 4.76. The van der Waals surface area contributed by atoms with E-state index in [0.29, 0.717) is 0 Å². The molecule has 0 saturated heterocycles. The maximum absolute atomic E-state index is 12.8. The van der Waals surface area contributed by atoms with E-state index >= 15 is 0 Å². The van der Waals surface area contributed by atoms with E-state index < -0.39 is 21.1 Å².